The van der Waals surface area contributed by atoms with Gasteiger partial charge < -0.3 is 10.6 Å². The zero-order valence-corrected chi connectivity index (χ0v) is 11.5. The minimum absolute atomic E-state index is 0.288. The molecule has 0 bridgehead atoms. The first-order valence-electron chi connectivity index (χ1n) is 7.17. The monoisotopic (exact) mass is 240 g/mol. The fourth-order valence-corrected chi connectivity index (χ4v) is 2.65. The Balaban J connectivity index is 2.45. The number of nitrogens with two attached hydrogens (primary N) is 1. The highest BCUT2D eigenvalue weighted by molar-refractivity contribution is 5.78. The minimum atomic E-state index is 0.288. The first kappa shape index (κ1) is 14.5. The quantitative estimate of drug-likeness (QED) is 0.775. The molecule has 2 N–H and O–H groups in total. The van der Waals surface area contributed by atoms with E-state index in [4.69, 9.17) is 5.73 Å². The smallest absolute Gasteiger partial charge is 0.225 e. The van der Waals surface area contributed by atoms with Gasteiger partial charge in [-0.1, -0.05) is 13.8 Å². The first-order chi connectivity index (χ1) is 8.19. The number of nitrogens with zero attached hydrogens (tertiary/aromatic N) is 1. The summed E-state index contributed by atoms with van der Waals surface area (Å²) in [6.45, 7) is 6.83. The zero-order chi connectivity index (χ0) is 12.7. The molecule has 1 rings (SSSR count). The summed E-state index contributed by atoms with van der Waals surface area (Å²) in [6.07, 6.45) is 6.57. The lowest BCUT2D eigenvalue weighted by Gasteiger charge is -2.31. The normalized spacial score (nSPS) is 24.6. The molecular formula is C14H28N2O. The van der Waals surface area contributed by atoms with E-state index in [1.54, 1.807) is 0 Å². The summed E-state index contributed by atoms with van der Waals surface area (Å²) in [5, 5.41) is 0. The summed E-state index contributed by atoms with van der Waals surface area (Å²) in [7, 11) is 0. The third kappa shape index (κ3) is 4.66. The van der Waals surface area contributed by atoms with Crippen molar-refractivity contribution in [1.29, 1.82) is 0 Å². The van der Waals surface area contributed by atoms with Gasteiger partial charge in [0.2, 0.25) is 5.91 Å². The maximum atomic E-state index is 12.4. The molecule has 0 aromatic carbocycles. The largest absolute Gasteiger partial charge is 0.342 e. The van der Waals surface area contributed by atoms with Crippen LogP contribution in [0.3, 0.4) is 0 Å². The molecule has 0 atom stereocenters. The maximum Gasteiger partial charge on any atom is 0.225 e. The van der Waals surface area contributed by atoms with Gasteiger partial charge in [0.05, 0.1) is 0 Å². The molecule has 0 heterocycles. The van der Waals surface area contributed by atoms with Crippen molar-refractivity contribution >= 4 is 5.91 Å². The topological polar surface area (TPSA) is 46.3 Å². The lowest BCUT2D eigenvalue weighted by molar-refractivity contribution is -0.136. The molecule has 1 fully saturated rings. The van der Waals surface area contributed by atoms with Crippen LogP contribution in [0.25, 0.3) is 0 Å². The van der Waals surface area contributed by atoms with Crippen LogP contribution in [0, 0.1) is 11.8 Å². The Labute approximate surface area is 106 Å². The first-order valence-corrected chi connectivity index (χ1v) is 7.17. The lowest BCUT2D eigenvalue weighted by Crippen LogP contribution is -2.39. The van der Waals surface area contributed by atoms with Crippen molar-refractivity contribution < 1.29 is 4.79 Å². The van der Waals surface area contributed by atoms with Gasteiger partial charge >= 0.3 is 0 Å². The van der Waals surface area contributed by atoms with Gasteiger partial charge in [0.1, 0.15) is 0 Å². The third-order valence-electron chi connectivity index (χ3n) is 3.80. The predicted octanol–water partition coefficient (Wildman–Crippen LogP) is 2.40. The lowest BCUT2D eigenvalue weighted by atomic mass is 9.82. The molecular weight excluding hydrogens is 212 g/mol. The van der Waals surface area contributed by atoms with Crippen LogP contribution in [0.15, 0.2) is 0 Å². The van der Waals surface area contributed by atoms with Crippen LogP contribution in [0.1, 0.15) is 52.4 Å². The molecule has 3 heteroatoms. The number of carbonyl (C=O) groups excluding carboxylic acids is 1. The van der Waals surface area contributed by atoms with Crippen LogP contribution in [0.4, 0.5) is 0 Å². The second-order valence-corrected chi connectivity index (χ2v) is 5.42. The Morgan fingerprint density at radius 3 is 2.41 bits per heavy atom. The van der Waals surface area contributed by atoms with E-state index in [-0.39, 0.29) is 5.92 Å². The molecule has 1 amide bonds. The van der Waals surface area contributed by atoms with Crippen LogP contribution in [0.2, 0.25) is 0 Å². The van der Waals surface area contributed by atoms with Crippen LogP contribution in [-0.4, -0.2) is 30.4 Å². The average molecular weight is 240 g/mol. The molecule has 0 radical (unpaired) electrons. The van der Waals surface area contributed by atoms with Gasteiger partial charge in [-0.15, -0.1) is 0 Å². The summed E-state index contributed by atoms with van der Waals surface area (Å²) in [5.74, 6) is 1.48. The SMILES string of the molecule is CCCN(CCCN)C(=O)C1CCC(C)CC1. The van der Waals surface area contributed by atoms with Gasteiger partial charge in [0, 0.05) is 19.0 Å². The Morgan fingerprint density at radius 1 is 1.24 bits per heavy atom. The molecule has 0 aliphatic heterocycles. The second kappa shape index (κ2) is 7.70. The van der Waals surface area contributed by atoms with Gasteiger partial charge in [-0.05, 0) is 51.0 Å². The fourth-order valence-electron chi connectivity index (χ4n) is 2.65. The van der Waals surface area contributed by atoms with Crippen molar-refractivity contribution in [2.24, 2.45) is 17.6 Å². The fraction of sp³-hybridized carbons (Fsp3) is 0.929. The molecule has 100 valence electrons. The van der Waals surface area contributed by atoms with Gasteiger partial charge in [-0.3, -0.25) is 4.79 Å². The molecule has 0 spiro atoms. The third-order valence-corrected chi connectivity index (χ3v) is 3.80. The molecule has 1 aliphatic rings. The number of amides is 1. The van der Waals surface area contributed by atoms with Gasteiger partial charge in [-0.25, -0.2) is 0 Å². The highest BCUT2D eigenvalue weighted by atomic mass is 16.2. The van der Waals surface area contributed by atoms with Gasteiger partial charge in [0.25, 0.3) is 0 Å². The van der Waals surface area contributed by atoms with Crippen LogP contribution >= 0.6 is 0 Å². The van der Waals surface area contributed by atoms with E-state index in [0.29, 0.717) is 12.5 Å². The van der Waals surface area contributed by atoms with E-state index in [1.807, 2.05) is 4.90 Å². The van der Waals surface area contributed by atoms with Crippen LogP contribution in [-0.2, 0) is 4.79 Å². The molecule has 3 nitrogen and oxygen atoms in total. The van der Waals surface area contributed by atoms with Crippen molar-refractivity contribution in [3.63, 3.8) is 0 Å². The van der Waals surface area contributed by atoms with Crippen molar-refractivity contribution in [2.75, 3.05) is 19.6 Å². The van der Waals surface area contributed by atoms with Crippen LogP contribution in [0.5, 0.6) is 0 Å². The number of hydrogen-bond acceptors (Lipinski definition) is 2. The van der Waals surface area contributed by atoms with E-state index in [2.05, 4.69) is 13.8 Å². The number of hydrogen-bond donors (Lipinski definition) is 1. The van der Waals surface area contributed by atoms with E-state index in [1.165, 1.54) is 12.8 Å². The molecule has 0 aromatic heterocycles. The summed E-state index contributed by atoms with van der Waals surface area (Å²) in [6, 6.07) is 0. The highest BCUT2D eigenvalue weighted by Gasteiger charge is 2.27. The highest BCUT2D eigenvalue weighted by Crippen LogP contribution is 2.29. The minimum Gasteiger partial charge on any atom is -0.342 e. The van der Waals surface area contributed by atoms with Gasteiger partial charge in [0.15, 0.2) is 0 Å². The molecule has 0 saturated heterocycles. The standard InChI is InChI=1S/C14H28N2O/c1-3-10-16(11-4-9-15)14(17)13-7-5-12(2)6-8-13/h12-13H,3-11,15H2,1-2H3. The molecule has 0 unspecified atom stereocenters. The number of carbonyl (C=O) groups is 1. The summed E-state index contributed by atoms with van der Waals surface area (Å²) in [4.78, 5) is 14.4. The molecule has 1 saturated carbocycles. The van der Waals surface area contributed by atoms with Crippen molar-refractivity contribution in [2.45, 2.75) is 52.4 Å². The Bertz CT molecular complexity index is 222. The van der Waals surface area contributed by atoms with E-state index in [9.17, 15) is 4.79 Å². The molecule has 1 aliphatic carbocycles. The Kier molecular flexibility index (Phi) is 6.56. The molecule has 0 aromatic rings. The van der Waals surface area contributed by atoms with Gasteiger partial charge in [-0.2, -0.15) is 0 Å². The summed E-state index contributed by atoms with van der Waals surface area (Å²) >= 11 is 0. The van der Waals surface area contributed by atoms with Crippen molar-refractivity contribution in [3.8, 4) is 0 Å². The predicted molar refractivity (Wildman–Crippen MR) is 71.7 cm³/mol. The summed E-state index contributed by atoms with van der Waals surface area (Å²) < 4.78 is 0. The maximum absolute atomic E-state index is 12.4. The number of rotatable bonds is 6. The van der Waals surface area contributed by atoms with Crippen LogP contribution < -0.4 is 5.73 Å². The zero-order valence-electron chi connectivity index (χ0n) is 11.5. The van der Waals surface area contributed by atoms with Crippen molar-refractivity contribution in [3.05, 3.63) is 0 Å². The Morgan fingerprint density at radius 2 is 1.88 bits per heavy atom. The van der Waals surface area contributed by atoms with E-state index >= 15 is 0 Å². The van der Waals surface area contributed by atoms with E-state index in [0.717, 1.165) is 44.7 Å². The summed E-state index contributed by atoms with van der Waals surface area (Å²) in [5.41, 5.74) is 5.53. The Hall–Kier alpha value is -0.570. The second-order valence-electron chi connectivity index (χ2n) is 5.42. The van der Waals surface area contributed by atoms with E-state index < -0.39 is 0 Å². The van der Waals surface area contributed by atoms with Crippen molar-refractivity contribution in [1.82, 2.24) is 4.90 Å². The average Bonchev–Trinajstić information content (AvgIpc) is 2.34. The molecule has 17 heavy (non-hydrogen) atoms.